The van der Waals surface area contributed by atoms with Crippen LogP contribution in [0.25, 0.3) is 0 Å². The van der Waals surface area contributed by atoms with Gasteiger partial charge in [-0.05, 0) is 26.0 Å². The molecule has 2 rings (SSSR count). The number of amides is 1. The van der Waals surface area contributed by atoms with Gasteiger partial charge in [-0.25, -0.2) is 0 Å². The van der Waals surface area contributed by atoms with Crippen LogP contribution in [0.5, 0.6) is 0 Å². The molecule has 0 spiro atoms. The first-order valence-electron chi connectivity index (χ1n) is 7.26. The van der Waals surface area contributed by atoms with Gasteiger partial charge in [0.25, 0.3) is 0 Å². The van der Waals surface area contributed by atoms with E-state index in [1.165, 1.54) is 0 Å². The Morgan fingerprint density at radius 3 is 2.52 bits per heavy atom. The average molecular weight is 292 g/mol. The smallest absolute Gasteiger partial charge is 0.228 e. The Morgan fingerprint density at radius 2 is 2.00 bits per heavy atom. The second-order valence-corrected chi connectivity index (χ2v) is 6.23. The van der Waals surface area contributed by atoms with E-state index in [4.69, 9.17) is 5.73 Å². The minimum atomic E-state index is -0.694. The number of β-amino-alcohol motifs (C(OH)–C–C–N with tert-alkyl or cyclic N) is 1. The number of hydrogen-bond donors (Lipinski definition) is 2. The maximum Gasteiger partial charge on any atom is 0.228 e. The van der Waals surface area contributed by atoms with Crippen molar-refractivity contribution in [3.05, 3.63) is 24.0 Å². The number of nitrogens with zero attached hydrogens (tertiary/aromatic N) is 3. The summed E-state index contributed by atoms with van der Waals surface area (Å²) in [4.78, 5) is 20.4. The van der Waals surface area contributed by atoms with Crippen LogP contribution < -0.4 is 5.73 Å². The van der Waals surface area contributed by atoms with E-state index in [9.17, 15) is 9.90 Å². The molecule has 1 aliphatic heterocycles. The highest BCUT2D eigenvalue weighted by molar-refractivity contribution is 5.78. The summed E-state index contributed by atoms with van der Waals surface area (Å²) in [7, 11) is 0. The normalized spacial score (nSPS) is 17.0. The van der Waals surface area contributed by atoms with Gasteiger partial charge >= 0.3 is 0 Å². The van der Waals surface area contributed by atoms with Gasteiger partial charge in [-0.3, -0.25) is 14.7 Å². The lowest BCUT2D eigenvalue weighted by Gasteiger charge is -2.37. The van der Waals surface area contributed by atoms with E-state index in [1.807, 2.05) is 4.90 Å². The van der Waals surface area contributed by atoms with E-state index in [1.54, 1.807) is 32.2 Å². The van der Waals surface area contributed by atoms with Crippen molar-refractivity contribution in [2.24, 2.45) is 0 Å². The molecule has 0 aromatic carbocycles. The lowest BCUT2D eigenvalue weighted by molar-refractivity contribution is -0.132. The minimum Gasteiger partial charge on any atom is -0.397 e. The molecule has 1 amide bonds. The third-order valence-corrected chi connectivity index (χ3v) is 3.52. The summed E-state index contributed by atoms with van der Waals surface area (Å²) < 4.78 is 0. The van der Waals surface area contributed by atoms with Gasteiger partial charge in [0.05, 0.1) is 23.9 Å². The zero-order valence-corrected chi connectivity index (χ0v) is 12.7. The van der Waals surface area contributed by atoms with Crippen LogP contribution in [-0.2, 0) is 11.2 Å². The molecular weight excluding hydrogens is 268 g/mol. The topological polar surface area (TPSA) is 82.7 Å². The Morgan fingerprint density at radius 1 is 1.33 bits per heavy atom. The van der Waals surface area contributed by atoms with Crippen molar-refractivity contribution in [3.8, 4) is 0 Å². The zero-order chi connectivity index (χ0) is 15.5. The molecule has 1 aromatic rings. The van der Waals surface area contributed by atoms with Gasteiger partial charge in [0, 0.05) is 38.4 Å². The molecule has 0 bridgehead atoms. The first-order chi connectivity index (χ1) is 9.83. The molecule has 6 heteroatoms. The Balaban J connectivity index is 1.81. The molecule has 0 unspecified atom stereocenters. The molecule has 0 radical (unpaired) electrons. The second kappa shape index (κ2) is 6.41. The van der Waals surface area contributed by atoms with Gasteiger partial charge in [0.1, 0.15) is 0 Å². The molecule has 6 nitrogen and oxygen atoms in total. The summed E-state index contributed by atoms with van der Waals surface area (Å²) in [6.45, 7) is 7.23. The SMILES string of the molecule is CC(C)(O)CN1CCN(C(=O)Cc2ccc(N)cn2)CC1. The summed E-state index contributed by atoms with van der Waals surface area (Å²) in [6.07, 6.45) is 1.88. The van der Waals surface area contributed by atoms with Crippen molar-refractivity contribution < 1.29 is 9.90 Å². The van der Waals surface area contributed by atoms with Gasteiger partial charge in [0.15, 0.2) is 0 Å². The number of piperazine rings is 1. The van der Waals surface area contributed by atoms with Crippen molar-refractivity contribution in [1.82, 2.24) is 14.8 Å². The van der Waals surface area contributed by atoms with Crippen LogP contribution in [0.4, 0.5) is 5.69 Å². The van der Waals surface area contributed by atoms with Crippen LogP contribution in [0.1, 0.15) is 19.5 Å². The monoisotopic (exact) mass is 292 g/mol. The number of aliphatic hydroxyl groups is 1. The van der Waals surface area contributed by atoms with E-state index in [0.29, 0.717) is 31.7 Å². The molecule has 0 atom stereocenters. The Bertz CT molecular complexity index is 473. The van der Waals surface area contributed by atoms with Crippen molar-refractivity contribution in [2.75, 3.05) is 38.5 Å². The third kappa shape index (κ3) is 4.99. The Labute approximate surface area is 125 Å². The number of rotatable bonds is 4. The largest absolute Gasteiger partial charge is 0.397 e. The quantitative estimate of drug-likeness (QED) is 0.824. The highest BCUT2D eigenvalue weighted by Crippen LogP contribution is 2.10. The zero-order valence-electron chi connectivity index (χ0n) is 12.7. The molecule has 0 saturated carbocycles. The summed E-state index contributed by atoms with van der Waals surface area (Å²) in [5.74, 6) is 0.0928. The summed E-state index contributed by atoms with van der Waals surface area (Å²) in [5.41, 5.74) is 6.23. The second-order valence-electron chi connectivity index (χ2n) is 6.23. The lowest BCUT2D eigenvalue weighted by atomic mass is 10.1. The lowest BCUT2D eigenvalue weighted by Crippen LogP contribution is -2.52. The fraction of sp³-hybridized carbons (Fsp3) is 0.600. The molecule has 1 aliphatic rings. The molecule has 1 saturated heterocycles. The number of carbonyl (C=O) groups excluding carboxylic acids is 1. The number of hydrogen-bond acceptors (Lipinski definition) is 5. The fourth-order valence-electron chi connectivity index (χ4n) is 2.51. The van der Waals surface area contributed by atoms with Crippen LogP contribution in [0.2, 0.25) is 0 Å². The maximum absolute atomic E-state index is 12.2. The van der Waals surface area contributed by atoms with Gasteiger partial charge in [0.2, 0.25) is 5.91 Å². The predicted molar refractivity (Wildman–Crippen MR) is 81.7 cm³/mol. The van der Waals surface area contributed by atoms with Crippen molar-refractivity contribution in [1.29, 1.82) is 0 Å². The van der Waals surface area contributed by atoms with Crippen molar-refractivity contribution >= 4 is 11.6 Å². The van der Waals surface area contributed by atoms with Crippen molar-refractivity contribution in [3.63, 3.8) is 0 Å². The minimum absolute atomic E-state index is 0.0928. The number of carbonyl (C=O) groups is 1. The van der Waals surface area contributed by atoms with Crippen LogP contribution in [-0.4, -0.2) is 64.1 Å². The van der Waals surface area contributed by atoms with E-state index < -0.39 is 5.60 Å². The van der Waals surface area contributed by atoms with Gasteiger partial charge in [-0.1, -0.05) is 0 Å². The van der Waals surface area contributed by atoms with Crippen LogP contribution >= 0.6 is 0 Å². The van der Waals surface area contributed by atoms with E-state index >= 15 is 0 Å². The molecule has 0 aliphatic carbocycles. The number of anilines is 1. The van der Waals surface area contributed by atoms with Crippen molar-refractivity contribution in [2.45, 2.75) is 25.9 Å². The Hall–Kier alpha value is -1.66. The van der Waals surface area contributed by atoms with Gasteiger partial charge in [-0.2, -0.15) is 0 Å². The molecule has 21 heavy (non-hydrogen) atoms. The highest BCUT2D eigenvalue weighted by atomic mass is 16.3. The average Bonchev–Trinajstić information content (AvgIpc) is 2.40. The number of pyridine rings is 1. The van der Waals surface area contributed by atoms with E-state index in [2.05, 4.69) is 9.88 Å². The molecule has 1 fully saturated rings. The third-order valence-electron chi connectivity index (χ3n) is 3.52. The molecular formula is C15H24N4O2. The highest BCUT2D eigenvalue weighted by Gasteiger charge is 2.25. The molecule has 2 heterocycles. The van der Waals surface area contributed by atoms with Crippen LogP contribution in [0.3, 0.4) is 0 Å². The van der Waals surface area contributed by atoms with Crippen LogP contribution in [0, 0.1) is 0 Å². The predicted octanol–water partition coefficient (Wildman–Crippen LogP) is 0.121. The molecule has 1 aromatic heterocycles. The maximum atomic E-state index is 12.2. The summed E-state index contributed by atoms with van der Waals surface area (Å²) in [6, 6.07) is 3.55. The summed E-state index contributed by atoms with van der Waals surface area (Å²) >= 11 is 0. The van der Waals surface area contributed by atoms with Crippen LogP contribution in [0.15, 0.2) is 18.3 Å². The molecule has 3 N–H and O–H groups in total. The standard InChI is InChI=1S/C15H24N4O2/c1-15(2,21)11-18-5-7-19(8-6-18)14(20)9-13-4-3-12(16)10-17-13/h3-4,10,21H,5-9,11,16H2,1-2H3. The first-order valence-corrected chi connectivity index (χ1v) is 7.26. The van der Waals surface area contributed by atoms with Gasteiger partial charge < -0.3 is 15.7 Å². The Kier molecular flexibility index (Phi) is 4.80. The number of nitrogens with two attached hydrogens (primary N) is 1. The fourth-order valence-corrected chi connectivity index (χ4v) is 2.51. The van der Waals surface area contributed by atoms with Gasteiger partial charge in [-0.15, -0.1) is 0 Å². The molecule has 116 valence electrons. The van der Waals surface area contributed by atoms with E-state index in [-0.39, 0.29) is 5.91 Å². The first kappa shape index (κ1) is 15.7. The number of nitrogen functional groups attached to an aromatic ring is 1. The number of aromatic nitrogens is 1. The summed E-state index contributed by atoms with van der Waals surface area (Å²) in [5, 5.41) is 9.82. The van der Waals surface area contributed by atoms with E-state index in [0.717, 1.165) is 18.8 Å².